The van der Waals surface area contributed by atoms with E-state index in [0.717, 1.165) is 42.9 Å². The molecule has 2 unspecified atom stereocenters. The van der Waals surface area contributed by atoms with Crippen molar-refractivity contribution in [2.45, 2.75) is 25.8 Å². The number of anilines is 2. The average Bonchev–Trinajstić information content (AvgIpc) is 2.75. The van der Waals surface area contributed by atoms with E-state index in [0.29, 0.717) is 0 Å². The van der Waals surface area contributed by atoms with Gasteiger partial charge in [-0.2, -0.15) is 0 Å². The van der Waals surface area contributed by atoms with Crippen LogP contribution in [-0.4, -0.2) is 25.0 Å². The summed E-state index contributed by atoms with van der Waals surface area (Å²) in [7, 11) is 0. The molecule has 4 nitrogen and oxygen atoms in total. The number of amides is 1. The molecule has 2 atom stereocenters. The highest BCUT2D eigenvalue weighted by Crippen LogP contribution is 2.35. The van der Waals surface area contributed by atoms with Gasteiger partial charge in [0.05, 0.1) is 23.3 Å². The molecule has 2 saturated heterocycles. The van der Waals surface area contributed by atoms with Gasteiger partial charge in [0.2, 0.25) is 5.91 Å². The number of hydrogen-bond donors (Lipinski definition) is 2. The third-order valence-electron chi connectivity index (χ3n) is 4.21. The second-order valence-electron chi connectivity index (χ2n) is 5.26. The third-order valence-corrected chi connectivity index (χ3v) is 4.21. The number of benzene rings is 1. The number of aryl methyl sites for hydroxylation is 1. The summed E-state index contributed by atoms with van der Waals surface area (Å²) < 4.78 is 0. The Balaban J connectivity index is 1.96. The number of rotatable bonds is 1. The molecule has 0 bridgehead atoms. The highest BCUT2D eigenvalue weighted by Gasteiger charge is 2.41. The number of piperidine rings is 1. The summed E-state index contributed by atoms with van der Waals surface area (Å²) in [5.74, 6) is 0.342. The number of nitrogens with one attached hydrogen (secondary N) is 1. The summed E-state index contributed by atoms with van der Waals surface area (Å²) in [5.41, 5.74) is 9.22. The van der Waals surface area contributed by atoms with E-state index < -0.39 is 0 Å². The molecule has 0 aromatic heterocycles. The van der Waals surface area contributed by atoms with Crippen molar-refractivity contribution in [1.82, 2.24) is 5.32 Å². The average molecular weight is 245 g/mol. The third kappa shape index (κ3) is 1.64. The number of hydrogen-bond acceptors (Lipinski definition) is 3. The minimum Gasteiger partial charge on any atom is -0.397 e. The molecular formula is C14H19N3O. The number of para-hydroxylation sites is 1. The van der Waals surface area contributed by atoms with Crippen molar-refractivity contribution in [2.24, 2.45) is 5.92 Å². The topological polar surface area (TPSA) is 58.4 Å². The molecule has 3 N–H and O–H groups in total. The predicted molar refractivity (Wildman–Crippen MR) is 72.5 cm³/mol. The minimum atomic E-state index is 0.138. The number of nitrogens with two attached hydrogens (primary N) is 1. The van der Waals surface area contributed by atoms with Crippen LogP contribution in [0.3, 0.4) is 0 Å². The van der Waals surface area contributed by atoms with E-state index in [-0.39, 0.29) is 17.9 Å². The number of nitrogen functional groups attached to an aromatic ring is 1. The van der Waals surface area contributed by atoms with Crippen molar-refractivity contribution in [3.05, 3.63) is 23.8 Å². The zero-order valence-electron chi connectivity index (χ0n) is 10.6. The molecule has 2 fully saturated rings. The first kappa shape index (κ1) is 11.4. The summed E-state index contributed by atoms with van der Waals surface area (Å²) in [6, 6.07) is 6.40. The smallest absolute Gasteiger partial charge is 0.225 e. The van der Waals surface area contributed by atoms with Gasteiger partial charge < -0.3 is 16.0 Å². The molecule has 3 rings (SSSR count). The molecule has 1 amide bonds. The number of carbonyl (C=O) groups is 1. The van der Waals surface area contributed by atoms with Crippen molar-refractivity contribution >= 4 is 17.3 Å². The van der Waals surface area contributed by atoms with E-state index in [1.165, 1.54) is 0 Å². The fourth-order valence-corrected chi connectivity index (χ4v) is 3.17. The summed E-state index contributed by atoms with van der Waals surface area (Å²) >= 11 is 0. The molecular weight excluding hydrogens is 226 g/mol. The number of fused-ring (bicyclic) bond motifs is 1. The largest absolute Gasteiger partial charge is 0.397 e. The van der Waals surface area contributed by atoms with Crippen LogP contribution in [0.1, 0.15) is 18.4 Å². The van der Waals surface area contributed by atoms with Crippen LogP contribution in [0, 0.1) is 12.8 Å². The van der Waals surface area contributed by atoms with Gasteiger partial charge in [0.25, 0.3) is 0 Å². The highest BCUT2D eigenvalue weighted by molar-refractivity contribution is 5.84. The fourth-order valence-electron chi connectivity index (χ4n) is 3.17. The number of nitrogens with zero attached hydrogens (tertiary/aromatic N) is 1. The molecule has 0 aliphatic carbocycles. The second kappa shape index (κ2) is 4.19. The number of carbonyl (C=O) groups excluding carboxylic acids is 1. The van der Waals surface area contributed by atoms with E-state index >= 15 is 0 Å². The molecule has 1 aromatic carbocycles. The molecule has 2 aliphatic rings. The van der Waals surface area contributed by atoms with E-state index in [1.807, 2.05) is 19.1 Å². The Morgan fingerprint density at radius 2 is 2.28 bits per heavy atom. The maximum absolute atomic E-state index is 11.8. The van der Waals surface area contributed by atoms with Gasteiger partial charge in [0.15, 0.2) is 0 Å². The Morgan fingerprint density at radius 3 is 3.11 bits per heavy atom. The molecule has 2 heterocycles. The van der Waals surface area contributed by atoms with Crippen LogP contribution in [0.2, 0.25) is 0 Å². The van der Waals surface area contributed by atoms with Crippen LogP contribution in [0.4, 0.5) is 11.4 Å². The van der Waals surface area contributed by atoms with E-state index in [9.17, 15) is 4.79 Å². The normalized spacial score (nSPS) is 26.9. The van der Waals surface area contributed by atoms with Gasteiger partial charge in [-0.3, -0.25) is 4.79 Å². The van der Waals surface area contributed by atoms with E-state index in [4.69, 9.17) is 5.73 Å². The molecule has 0 spiro atoms. The van der Waals surface area contributed by atoms with Crippen molar-refractivity contribution < 1.29 is 4.79 Å². The first-order valence-electron chi connectivity index (χ1n) is 6.58. The van der Waals surface area contributed by atoms with Crippen LogP contribution in [0.5, 0.6) is 0 Å². The Labute approximate surface area is 107 Å². The first-order valence-corrected chi connectivity index (χ1v) is 6.58. The fraction of sp³-hybridized carbons (Fsp3) is 0.500. The van der Waals surface area contributed by atoms with Crippen LogP contribution in [0.25, 0.3) is 0 Å². The zero-order chi connectivity index (χ0) is 12.7. The lowest BCUT2D eigenvalue weighted by Gasteiger charge is -2.38. The zero-order valence-corrected chi connectivity index (χ0v) is 10.6. The van der Waals surface area contributed by atoms with E-state index in [1.54, 1.807) is 0 Å². The maximum Gasteiger partial charge on any atom is 0.225 e. The van der Waals surface area contributed by atoms with Crippen LogP contribution in [0.15, 0.2) is 18.2 Å². The quantitative estimate of drug-likeness (QED) is 0.733. The Hall–Kier alpha value is -1.71. The van der Waals surface area contributed by atoms with Gasteiger partial charge >= 0.3 is 0 Å². The van der Waals surface area contributed by atoms with Crippen LogP contribution in [-0.2, 0) is 4.79 Å². The summed E-state index contributed by atoms with van der Waals surface area (Å²) in [4.78, 5) is 14.1. The predicted octanol–water partition coefficient (Wildman–Crippen LogP) is 1.29. The Kier molecular flexibility index (Phi) is 2.65. The van der Waals surface area contributed by atoms with E-state index in [2.05, 4.69) is 16.3 Å². The van der Waals surface area contributed by atoms with Crippen molar-refractivity contribution in [2.75, 3.05) is 23.7 Å². The second-order valence-corrected chi connectivity index (χ2v) is 5.26. The SMILES string of the molecule is Cc1cccc(N2CCCC3C(=O)NCC32)c1N. The van der Waals surface area contributed by atoms with Gasteiger partial charge in [-0.05, 0) is 31.4 Å². The van der Waals surface area contributed by atoms with Crippen LogP contribution < -0.4 is 16.0 Å². The molecule has 0 saturated carbocycles. The lowest BCUT2D eigenvalue weighted by atomic mass is 9.90. The molecule has 18 heavy (non-hydrogen) atoms. The van der Waals surface area contributed by atoms with Crippen molar-refractivity contribution in [3.63, 3.8) is 0 Å². The maximum atomic E-state index is 11.8. The first-order chi connectivity index (χ1) is 8.68. The Morgan fingerprint density at radius 1 is 1.44 bits per heavy atom. The monoisotopic (exact) mass is 245 g/mol. The highest BCUT2D eigenvalue weighted by atomic mass is 16.2. The van der Waals surface area contributed by atoms with Gasteiger partial charge in [-0.15, -0.1) is 0 Å². The van der Waals surface area contributed by atoms with Crippen LogP contribution >= 0.6 is 0 Å². The molecule has 0 radical (unpaired) electrons. The van der Waals surface area contributed by atoms with Gasteiger partial charge in [-0.25, -0.2) is 0 Å². The summed E-state index contributed by atoms with van der Waals surface area (Å²) in [5, 5.41) is 2.97. The lowest BCUT2D eigenvalue weighted by Crippen LogP contribution is -2.46. The summed E-state index contributed by atoms with van der Waals surface area (Å²) in [6.07, 6.45) is 2.06. The minimum absolute atomic E-state index is 0.138. The molecule has 96 valence electrons. The Bertz CT molecular complexity index is 486. The molecule has 2 aliphatic heterocycles. The van der Waals surface area contributed by atoms with Gasteiger partial charge in [0.1, 0.15) is 0 Å². The van der Waals surface area contributed by atoms with Gasteiger partial charge in [0, 0.05) is 13.1 Å². The standard InChI is InChI=1S/C14H19N3O/c1-9-4-2-6-11(13(9)15)17-7-3-5-10-12(17)8-16-14(10)18/h2,4,6,10,12H,3,5,7-8,15H2,1H3,(H,16,18). The lowest BCUT2D eigenvalue weighted by molar-refractivity contribution is -0.122. The molecule has 1 aromatic rings. The summed E-state index contributed by atoms with van der Waals surface area (Å²) in [6.45, 7) is 3.76. The van der Waals surface area contributed by atoms with Crippen molar-refractivity contribution in [1.29, 1.82) is 0 Å². The molecule has 4 heteroatoms. The van der Waals surface area contributed by atoms with Crippen molar-refractivity contribution in [3.8, 4) is 0 Å². The van der Waals surface area contributed by atoms with Gasteiger partial charge in [-0.1, -0.05) is 12.1 Å².